The van der Waals surface area contributed by atoms with Gasteiger partial charge in [0.15, 0.2) is 0 Å². The Balaban J connectivity index is 0.000000237. The summed E-state index contributed by atoms with van der Waals surface area (Å²) < 4.78 is 6.62. The van der Waals surface area contributed by atoms with E-state index in [-0.39, 0.29) is 25.5 Å². The molecule has 0 aliphatic rings. The molecule has 0 aliphatic heterocycles. The number of hydrogen-bond donors (Lipinski definition) is 0. The number of pyridine rings is 2. The molecule has 9 rings (SSSR count). The maximum Gasteiger partial charge on any atom is 0.124 e. The minimum atomic E-state index is -0.0172. The Hall–Kier alpha value is -5.15. The monoisotopic (exact) mass is 797 g/mol. The van der Waals surface area contributed by atoms with Gasteiger partial charge in [0.25, 0.3) is 0 Å². The fourth-order valence-corrected chi connectivity index (χ4v) is 6.56. The van der Waals surface area contributed by atoms with Crippen LogP contribution in [0, 0.1) is 12.1 Å². The molecule has 0 saturated carbocycles. The van der Waals surface area contributed by atoms with Crippen molar-refractivity contribution < 1.29 is 24.5 Å². The van der Waals surface area contributed by atoms with Crippen molar-refractivity contribution in [2.24, 2.45) is 0 Å². The van der Waals surface area contributed by atoms with Gasteiger partial charge in [-0.3, -0.25) is 0 Å². The second-order valence-electron chi connectivity index (χ2n) is 12.8. The summed E-state index contributed by atoms with van der Waals surface area (Å²) >= 11 is 0. The zero-order valence-corrected chi connectivity index (χ0v) is 29.3. The summed E-state index contributed by atoms with van der Waals surface area (Å²) in [7, 11) is 0. The van der Waals surface area contributed by atoms with Crippen molar-refractivity contribution in [1.82, 2.24) is 9.97 Å². The molecule has 0 amide bonds. The van der Waals surface area contributed by atoms with Crippen molar-refractivity contribution in [3.63, 3.8) is 0 Å². The molecule has 9 aromatic rings. The average molecular weight is 797 g/mol. The fourth-order valence-electron chi connectivity index (χ4n) is 6.56. The Bertz CT molecular complexity index is 2510. The molecule has 0 fully saturated rings. The number of aromatic nitrogens is 2. The van der Waals surface area contributed by atoms with Crippen LogP contribution in [0.4, 0.5) is 0 Å². The predicted octanol–water partition coefficient (Wildman–Crippen LogP) is 11.8. The third kappa shape index (κ3) is 5.58. The van der Waals surface area contributed by atoms with Gasteiger partial charge in [-0.25, -0.2) is 0 Å². The molecule has 0 bridgehead atoms. The number of fused-ring (bicyclic) bond motifs is 8. The molecule has 0 N–H and O–H groups in total. The van der Waals surface area contributed by atoms with Gasteiger partial charge < -0.3 is 14.4 Å². The van der Waals surface area contributed by atoms with E-state index in [9.17, 15) is 0 Å². The van der Waals surface area contributed by atoms with Gasteiger partial charge in [-0.1, -0.05) is 111 Å². The predicted molar refractivity (Wildman–Crippen MR) is 196 cm³/mol. The van der Waals surface area contributed by atoms with Crippen LogP contribution < -0.4 is 0 Å². The van der Waals surface area contributed by atoms with Crippen LogP contribution in [0.2, 0.25) is 0 Å². The molecule has 0 spiro atoms. The van der Waals surface area contributed by atoms with Crippen LogP contribution in [0.5, 0.6) is 0 Å². The summed E-state index contributed by atoms with van der Waals surface area (Å²) in [4.78, 5) is 9.06. The topological polar surface area (TPSA) is 38.9 Å². The van der Waals surface area contributed by atoms with Crippen molar-refractivity contribution in [3.8, 4) is 22.5 Å². The Kier molecular flexibility index (Phi) is 8.39. The van der Waals surface area contributed by atoms with Crippen molar-refractivity contribution in [2.75, 3.05) is 0 Å². The molecule has 3 heterocycles. The molecule has 235 valence electrons. The van der Waals surface area contributed by atoms with Crippen molar-refractivity contribution in [3.05, 3.63) is 157 Å². The first-order valence-electron chi connectivity index (χ1n) is 15.9. The van der Waals surface area contributed by atoms with E-state index in [1.165, 1.54) is 32.5 Å². The van der Waals surface area contributed by atoms with Crippen molar-refractivity contribution >= 4 is 54.3 Å². The molecule has 0 saturated heterocycles. The van der Waals surface area contributed by atoms with Crippen molar-refractivity contribution in [2.45, 2.75) is 26.2 Å². The molecule has 48 heavy (non-hydrogen) atoms. The van der Waals surface area contributed by atoms with Crippen LogP contribution in [0.1, 0.15) is 26.3 Å². The maximum absolute atomic E-state index is 6.62. The van der Waals surface area contributed by atoms with Gasteiger partial charge in [0, 0.05) is 37.9 Å². The SMILES string of the molecule is CC(C)(C)c1cccc2c1oc1c(-c3nccc4c3ccc3c5ccccc5ccc43)[c-]ccc12.[Ir].[c-]1ccccc1-c1ccccn1. The van der Waals surface area contributed by atoms with Gasteiger partial charge in [-0.15, -0.1) is 54.1 Å². The number of furan rings is 1. The van der Waals surface area contributed by atoms with Crippen LogP contribution in [0.25, 0.3) is 76.8 Å². The number of hydrogen-bond acceptors (Lipinski definition) is 3. The van der Waals surface area contributed by atoms with Gasteiger partial charge in [0.05, 0.1) is 5.58 Å². The summed E-state index contributed by atoms with van der Waals surface area (Å²) in [5.41, 5.74) is 6.81. The zero-order chi connectivity index (χ0) is 32.0. The summed E-state index contributed by atoms with van der Waals surface area (Å²) in [5.74, 6) is 0. The Morgan fingerprint density at radius 1 is 0.521 bits per heavy atom. The molecule has 1 radical (unpaired) electrons. The second-order valence-corrected chi connectivity index (χ2v) is 12.8. The van der Waals surface area contributed by atoms with E-state index in [1.54, 1.807) is 6.20 Å². The number of nitrogens with zero attached hydrogens (tertiary/aromatic N) is 2. The molecule has 0 unspecified atom stereocenters. The van der Waals surface area contributed by atoms with E-state index in [1.807, 2.05) is 54.7 Å². The first-order valence-corrected chi connectivity index (χ1v) is 15.9. The maximum atomic E-state index is 6.62. The summed E-state index contributed by atoms with van der Waals surface area (Å²) in [6.45, 7) is 6.68. The third-order valence-electron chi connectivity index (χ3n) is 8.82. The molecule has 3 nitrogen and oxygen atoms in total. The average Bonchev–Trinajstić information content (AvgIpc) is 3.51. The number of benzene rings is 6. The van der Waals surface area contributed by atoms with Crippen LogP contribution in [-0.4, -0.2) is 9.97 Å². The number of rotatable bonds is 2. The van der Waals surface area contributed by atoms with Crippen molar-refractivity contribution in [1.29, 1.82) is 0 Å². The smallest absolute Gasteiger partial charge is 0.124 e. The van der Waals surface area contributed by atoms with Gasteiger partial charge >= 0.3 is 0 Å². The number of para-hydroxylation sites is 1. The van der Waals surface area contributed by atoms with Crippen LogP contribution in [0.3, 0.4) is 0 Å². The van der Waals surface area contributed by atoms with Crippen LogP contribution in [0.15, 0.2) is 144 Å². The quantitative estimate of drug-likeness (QED) is 0.129. The molecular formula is C44H32IrN2O-2. The van der Waals surface area contributed by atoms with Crippen LogP contribution in [-0.2, 0) is 25.5 Å². The Morgan fingerprint density at radius 2 is 1.25 bits per heavy atom. The molecule has 0 aliphatic carbocycles. The molecule has 6 aromatic carbocycles. The summed E-state index contributed by atoms with van der Waals surface area (Å²) in [6.07, 6.45) is 3.69. The second kappa shape index (κ2) is 12.8. The van der Waals surface area contributed by atoms with E-state index < -0.39 is 0 Å². The first kappa shape index (κ1) is 31.4. The summed E-state index contributed by atoms with van der Waals surface area (Å²) in [5, 5.41) is 9.55. The summed E-state index contributed by atoms with van der Waals surface area (Å²) in [6, 6.07) is 50.3. The largest absolute Gasteiger partial charge is 0.500 e. The molecule has 0 atom stereocenters. The van der Waals surface area contributed by atoms with Crippen LogP contribution >= 0.6 is 0 Å². The van der Waals surface area contributed by atoms with Gasteiger partial charge in [-0.2, -0.15) is 0 Å². The standard InChI is InChI=1S/C33H24NO.C11H8N.Ir/c1-33(2,3)29-13-7-11-27-26-10-6-12-28(31(26)35-32(27)29)30-25-17-16-22-21-9-5-4-8-20(21)14-15-23(22)24(25)18-19-34-30;1-2-6-10(7-3-1)11-8-4-5-9-12-11;/h4-11,13-19H,1-3H3;1-6,8-9H;/q2*-1;. The Labute approximate surface area is 293 Å². The molecular weight excluding hydrogens is 765 g/mol. The normalized spacial score (nSPS) is 11.5. The van der Waals surface area contributed by atoms with E-state index in [0.29, 0.717) is 0 Å². The molecule has 4 heteroatoms. The first-order chi connectivity index (χ1) is 23.0. The Morgan fingerprint density at radius 3 is 2.06 bits per heavy atom. The van der Waals surface area contributed by atoms with Gasteiger partial charge in [0.2, 0.25) is 0 Å². The molecule has 3 aromatic heterocycles. The van der Waals surface area contributed by atoms with E-state index in [0.717, 1.165) is 49.8 Å². The van der Waals surface area contributed by atoms with Gasteiger partial charge in [-0.05, 0) is 66.8 Å². The van der Waals surface area contributed by atoms with E-state index in [4.69, 9.17) is 9.40 Å². The van der Waals surface area contributed by atoms with E-state index >= 15 is 0 Å². The zero-order valence-electron chi connectivity index (χ0n) is 26.9. The van der Waals surface area contributed by atoms with E-state index in [2.05, 4.69) is 117 Å². The third-order valence-corrected chi connectivity index (χ3v) is 8.82. The van der Waals surface area contributed by atoms with Gasteiger partial charge in [0.1, 0.15) is 5.58 Å². The minimum absolute atomic E-state index is 0. The fraction of sp³-hybridized carbons (Fsp3) is 0.0909. The minimum Gasteiger partial charge on any atom is -0.500 e.